The number of amides is 1. The van der Waals surface area contributed by atoms with Crippen molar-refractivity contribution in [1.82, 2.24) is 14.9 Å². The lowest BCUT2D eigenvalue weighted by Gasteiger charge is -2.31. The van der Waals surface area contributed by atoms with Crippen molar-refractivity contribution < 1.29 is 19.8 Å². The Balaban J connectivity index is 0.00000107. The number of nitrogens with one attached hydrogen (secondary N) is 1. The Hall–Kier alpha value is -3.20. The fourth-order valence-electron chi connectivity index (χ4n) is 3.69. The zero-order valence-corrected chi connectivity index (χ0v) is 17.7. The van der Waals surface area contributed by atoms with E-state index in [1.807, 2.05) is 37.4 Å². The highest BCUT2D eigenvalue weighted by atomic mass is 16.3. The molecule has 1 amide bonds. The van der Waals surface area contributed by atoms with Gasteiger partial charge in [0.05, 0.1) is 6.10 Å². The molecule has 1 saturated carbocycles. The second kappa shape index (κ2) is 12.5. The second-order valence-electron chi connectivity index (χ2n) is 7.58. The predicted octanol–water partition coefficient (Wildman–Crippen LogP) is 2.31. The van der Waals surface area contributed by atoms with Gasteiger partial charge in [0.15, 0.2) is 0 Å². The fourth-order valence-corrected chi connectivity index (χ4v) is 3.69. The first-order valence-corrected chi connectivity index (χ1v) is 10.4. The lowest BCUT2D eigenvalue weighted by Crippen LogP contribution is -2.38. The van der Waals surface area contributed by atoms with Crippen LogP contribution >= 0.6 is 0 Å². The highest BCUT2D eigenvalue weighted by Crippen LogP contribution is 2.28. The summed E-state index contributed by atoms with van der Waals surface area (Å²) in [6.45, 7) is 0.296. The minimum Gasteiger partial charge on any atom is -0.483 e. The van der Waals surface area contributed by atoms with Gasteiger partial charge in [-0.1, -0.05) is 30.3 Å². The Morgan fingerprint density at radius 2 is 1.90 bits per heavy atom. The molecule has 9 nitrogen and oxygen atoms in total. The van der Waals surface area contributed by atoms with Crippen LogP contribution in [0.4, 0.5) is 11.8 Å². The van der Waals surface area contributed by atoms with Crippen LogP contribution < -0.4 is 11.1 Å². The van der Waals surface area contributed by atoms with Crippen LogP contribution in [0.15, 0.2) is 42.6 Å². The number of aliphatic hydroxyl groups excluding tert-OH is 1. The zero-order chi connectivity index (χ0) is 22.6. The van der Waals surface area contributed by atoms with E-state index in [0.29, 0.717) is 24.7 Å². The molecule has 1 fully saturated rings. The molecule has 1 aromatic carbocycles. The second-order valence-corrected chi connectivity index (χ2v) is 7.58. The summed E-state index contributed by atoms with van der Waals surface area (Å²) in [5, 5.41) is 20.5. The van der Waals surface area contributed by atoms with Crippen molar-refractivity contribution in [3.8, 4) is 0 Å². The topological polar surface area (TPSA) is 142 Å². The summed E-state index contributed by atoms with van der Waals surface area (Å²) in [5.74, 6) is 1.19. The standard InChI is InChI=1S/C21H29N5O2.CH2O2/c1-26(14-12-18(27)15-5-3-2-4-6-15)20(28)16-7-9-17(10-8-16)24-21-23-13-11-19(22)25-21;2-1-3/h2-6,11,13,16-18,27H,7-10,12,14H2,1H3,(H3,22,23,24,25);1H,(H,2,3). The molecule has 1 aliphatic rings. The summed E-state index contributed by atoms with van der Waals surface area (Å²) < 4.78 is 0. The van der Waals surface area contributed by atoms with Gasteiger partial charge in [0.1, 0.15) is 5.82 Å². The summed E-state index contributed by atoms with van der Waals surface area (Å²) in [5.41, 5.74) is 6.57. The molecule has 0 aliphatic heterocycles. The molecule has 0 bridgehead atoms. The molecule has 1 aliphatic carbocycles. The van der Waals surface area contributed by atoms with Crippen LogP contribution in [-0.2, 0) is 9.59 Å². The average molecular weight is 430 g/mol. The third-order valence-corrected chi connectivity index (χ3v) is 5.39. The van der Waals surface area contributed by atoms with E-state index in [-0.39, 0.29) is 24.3 Å². The Kier molecular flexibility index (Phi) is 9.70. The van der Waals surface area contributed by atoms with E-state index >= 15 is 0 Å². The number of nitrogens with two attached hydrogens (primary N) is 1. The molecular weight excluding hydrogens is 398 g/mol. The van der Waals surface area contributed by atoms with E-state index in [0.717, 1.165) is 31.2 Å². The Bertz CT molecular complexity index is 813. The number of carboxylic acid groups (broad SMARTS) is 1. The molecule has 0 saturated heterocycles. The third-order valence-electron chi connectivity index (χ3n) is 5.39. The number of carbonyl (C=O) groups is 2. The van der Waals surface area contributed by atoms with E-state index in [2.05, 4.69) is 15.3 Å². The largest absolute Gasteiger partial charge is 0.483 e. The highest BCUT2D eigenvalue weighted by Gasteiger charge is 2.28. The molecule has 1 aromatic heterocycles. The number of nitrogen functional groups attached to an aromatic ring is 1. The van der Waals surface area contributed by atoms with Gasteiger partial charge >= 0.3 is 0 Å². The highest BCUT2D eigenvalue weighted by molar-refractivity contribution is 5.78. The molecule has 0 radical (unpaired) electrons. The first-order valence-electron chi connectivity index (χ1n) is 10.4. The van der Waals surface area contributed by atoms with Crippen molar-refractivity contribution in [2.75, 3.05) is 24.6 Å². The van der Waals surface area contributed by atoms with Crippen molar-refractivity contribution in [3.63, 3.8) is 0 Å². The van der Waals surface area contributed by atoms with Crippen LogP contribution in [0.3, 0.4) is 0 Å². The molecule has 5 N–H and O–H groups in total. The summed E-state index contributed by atoms with van der Waals surface area (Å²) in [4.78, 5) is 31.2. The molecule has 1 atom stereocenters. The number of rotatable bonds is 7. The number of benzene rings is 1. The molecule has 3 rings (SSSR count). The van der Waals surface area contributed by atoms with E-state index in [1.54, 1.807) is 17.2 Å². The molecule has 0 spiro atoms. The molecule has 168 valence electrons. The lowest BCUT2D eigenvalue weighted by molar-refractivity contribution is -0.135. The maximum atomic E-state index is 12.7. The van der Waals surface area contributed by atoms with E-state index in [9.17, 15) is 9.90 Å². The Labute approximate surface area is 182 Å². The quantitative estimate of drug-likeness (QED) is 0.491. The fraction of sp³-hybridized carbons (Fsp3) is 0.455. The van der Waals surface area contributed by atoms with Gasteiger partial charge in [0.2, 0.25) is 11.9 Å². The van der Waals surface area contributed by atoms with Gasteiger partial charge < -0.3 is 26.2 Å². The van der Waals surface area contributed by atoms with Crippen LogP contribution in [0, 0.1) is 5.92 Å². The number of aromatic nitrogens is 2. The molecular formula is C22H31N5O4. The van der Waals surface area contributed by atoms with Gasteiger partial charge in [-0.3, -0.25) is 9.59 Å². The molecule has 1 heterocycles. The van der Waals surface area contributed by atoms with E-state index in [1.165, 1.54) is 0 Å². The summed E-state index contributed by atoms with van der Waals surface area (Å²) in [6, 6.07) is 11.5. The number of hydrogen-bond donors (Lipinski definition) is 4. The van der Waals surface area contributed by atoms with Crippen molar-refractivity contribution in [2.24, 2.45) is 5.92 Å². The predicted molar refractivity (Wildman–Crippen MR) is 118 cm³/mol. The van der Waals surface area contributed by atoms with Gasteiger partial charge in [-0.15, -0.1) is 0 Å². The van der Waals surface area contributed by atoms with Crippen LogP contribution in [0.25, 0.3) is 0 Å². The first kappa shape index (κ1) is 24.1. The molecule has 31 heavy (non-hydrogen) atoms. The monoisotopic (exact) mass is 429 g/mol. The molecule has 2 aromatic rings. The van der Waals surface area contributed by atoms with Crippen LogP contribution in [0.1, 0.15) is 43.8 Å². The number of hydrogen-bond acceptors (Lipinski definition) is 7. The van der Waals surface area contributed by atoms with Crippen LogP contribution in [-0.4, -0.2) is 57.1 Å². The van der Waals surface area contributed by atoms with Gasteiger partial charge in [-0.25, -0.2) is 4.98 Å². The van der Waals surface area contributed by atoms with Crippen molar-refractivity contribution >= 4 is 24.1 Å². The van der Waals surface area contributed by atoms with Crippen molar-refractivity contribution in [3.05, 3.63) is 48.2 Å². The van der Waals surface area contributed by atoms with Crippen LogP contribution in [0.2, 0.25) is 0 Å². The van der Waals surface area contributed by atoms with E-state index in [4.69, 9.17) is 15.6 Å². The normalized spacial score (nSPS) is 18.8. The number of carbonyl (C=O) groups excluding carboxylic acids is 1. The van der Waals surface area contributed by atoms with Crippen molar-refractivity contribution in [2.45, 2.75) is 44.2 Å². The zero-order valence-electron chi connectivity index (χ0n) is 17.7. The first-order chi connectivity index (χ1) is 14.9. The Morgan fingerprint density at radius 3 is 2.52 bits per heavy atom. The number of nitrogens with zero attached hydrogens (tertiary/aromatic N) is 3. The van der Waals surface area contributed by atoms with Gasteiger partial charge in [-0.05, 0) is 43.7 Å². The lowest BCUT2D eigenvalue weighted by atomic mass is 9.85. The van der Waals surface area contributed by atoms with Gasteiger partial charge in [0, 0.05) is 31.7 Å². The van der Waals surface area contributed by atoms with Gasteiger partial charge in [0.25, 0.3) is 6.47 Å². The maximum absolute atomic E-state index is 12.7. The molecule has 9 heteroatoms. The summed E-state index contributed by atoms with van der Waals surface area (Å²) in [7, 11) is 1.82. The summed E-state index contributed by atoms with van der Waals surface area (Å²) >= 11 is 0. The molecule has 1 unspecified atom stereocenters. The number of anilines is 2. The maximum Gasteiger partial charge on any atom is 0.290 e. The van der Waals surface area contributed by atoms with Crippen LogP contribution in [0.5, 0.6) is 0 Å². The minimum atomic E-state index is -0.547. The third kappa shape index (κ3) is 7.86. The smallest absolute Gasteiger partial charge is 0.290 e. The summed E-state index contributed by atoms with van der Waals surface area (Å²) in [6.07, 6.45) is 5.10. The van der Waals surface area contributed by atoms with Crippen molar-refractivity contribution in [1.29, 1.82) is 0 Å². The average Bonchev–Trinajstić information content (AvgIpc) is 2.78. The van der Waals surface area contributed by atoms with E-state index < -0.39 is 6.10 Å². The SMILES string of the molecule is CN(CCC(O)c1ccccc1)C(=O)C1CCC(Nc2nccc(N)n2)CC1.O=CO. The van der Waals surface area contributed by atoms with Gasteiger partial charge in [-0.2, -0.15) is 4.98 Å². The number of aliphatic hydroxyl groups is 1. The minimum absolute atomic E-state index is 0.0404. The Morgan fingerprint density at radius 1 is 1.26 bits per heavy atom.